The van der Waals surface area contributed by atoms with E-state index in [-0.39, 0.29) is 0 Å². The van der Waals surface area contributed by atoms with Crippen molar-refractivity contribution in [3.05, 3.63) is 29.8 Å². The van der Waals surface area contributed by atoms with Gasteiger partial charge in [0.2, 0.25) is 0 Å². The molecule has 1 unspecified atom stereocenters. The maximum atomic E-state index is 12.0. The van der Waals surface area contributed by atoms with E-state index >= 15 is 0 Å². The molecule has 1 saturated carbocycles. The normalized spacial score (nSPS) is 17.4. The molecular formula is C14H21NOS. The van der Waals surface area contributed by atoms with Gasteiger partial charge in [-0.25, -0.2) is 0 Å². The van der Waals surface area contributed by atoms with Crippen LogP contribution in [-0.2, 0) is 10.8 Å². The minimum atomic E-state index is -0.856. The van der Waals surface area contributed by atoms with Crippen molar-refractivity contribution in [3.63, 3.8) is 0 Å². The Balaban J connectivity index is 1.84. The molecule has 1 atom stereocenters. The standard InChI is InChI=1S/C14H21NOS/c1-11(2)12-3-7-14(8-4-12)17(16)10-9-15-13-5-6-13/h3-4,7-8,11,13,15H,5-6,9-10H2,1-2H3. The third-order valence-corrected chi connectivity index (χ3v) is 4.48. The van der Waals surface area contributed by atoms with Crippen LogP contribution in [0.5, 0.6) is 0 Å². The highest BCUT2D eigenvalue weighted by atomic mass is 32.2. The molecule has 94 valence electrons. The molecule has 0 bridgehead atoms. The summed E-state index contributed by atoms with van der Waals surface area (Å²) in [6, 6.07) is 8.89. The first-order valence-electron chi connectivity index (χ1n) is 6.38. The van der Waals surface area contributed by atoms with Gasteiger partial charge >= 0.3 is 0 Å². The Morgan fingerprint density at radius 1 is 1.29 bits per heavy atom. The van der Waals surface area contributed by atoms with Crippen LogP contribution >= 0.6 is 0 Å². The molecule has 3 heteroatoms. The molecule has 1 aliphatic carbocycles. The highest BCUT2D eigenvalue weighted by Crippen LogP contribution is 2.19. The maximum absolute atomic E-state index is 12.0. The molecule has 0 amide bonds. The van der Waals surface area contributed by atoms with Gasteiger partial charge in [0.15, 0.2) is 0 Å². The summed E-state index contributed by atoms with van der Waals surface area (Å²) in [5.41, 5.74) is 1.31. The second-order valence-electron chi connectivity index (χ2n) is 5.00. The number of nitrogens with one attached hydrogen (secondary N) is 1. The molecule has 0 heterocycles. The van der Waals surface area contributed by atoms with Crippen LogP contribution in [0, 0.1) is 0 Å². The van der Waals surface area contributed by atoms with Crippen LogP contribution in [0.4, 0.5) is 0 Å². The lowest BCUT2D eigenvalue weighted by atomic mass is 10.0. The molecule has 0 saturated heterocycles. The van der Waals surface area contributed by atoms with Gasteiger partial charge in [-0.05, 0) is 36.5 Å². The predicted octanol–water partition coefficient (Wildman–Crippen LogP) is 2.67. The minimum absolute atomic E-state index is 0.536. The summed E-state index contributed by atoms with van der Waals surface area (Å²) in [5, 5.41) is 3.39. The Hall–Kier alpha value is -0.670. The largest absolute Gasteiger partial charge is 0.313 e. The number of hydrogen-bond acceptors (Lipinski definition) is 2. The molecule has 1 N–H and O–H groups in total. The molecule has 1 aromatic carbocycles. The number of hydrogen-bond donors (Lipinski definition) is 1. The van der Waals surface area contributed by atoms with E-state index in [2.05, 4.69) is 31.3 Å². The third kappa shape index (κ3) is 3.93. The maximum Gasteiger partial charge on any atom is 0.0542 e. The first kappa shape index (κ1) is 12.8. The minimum Gasteiger partial charge on any atom is -0.313 e. The van der Waals surface area contributed by atoms with E-state index in [1.807, 2.05) is 12.1 Å². The van der Waals surface area contributed by atoms with Crippen molar-refractivity contribution in [3.8, 4) is 0 Å². The van der Waals surface area contributed by atoms with Crippen molar-refractivity contribution in [1.82, 2.24) is 5.32 Å². The Kier molecular flexibility index (Phi) is 4.35. The van der Waals surface area contributed by atoms with E-state index in [9.17, 15) is 4.21 Å². The Morgan fingerprint density at radius 2 is 1.94 bits per heavy atom. The highest BCUT2D eigenvalue weighted by Gasteiger charge is 2.20. The van der Waals surface area contributed by atoms with E-state index in [4.69, 9.17) is 0 Å². The molecule has 2 rings (SSSR count). The van der Waals surface area contributed by atoms with Crippen molar-refractivity contribution in [2.45, 2.75) is 43.5 Å². The van der Waals surface area contributed by atoms with Crippen LogP contribution in [0.2, 0.25) is 0 Å². The average molecular weight is 251 g/mol. The Labute approximate surface area is 106 Å². The SMILES string of the molecule is CC(C)c1ccc(S(=O)CCNC2CC2)cc1. The predicted molar refractivity (Wildman–Crippen MR) is 72.8 cm³/mol. The molecule has 17 heavy (non-hydrogen) atoms. The van der Waals surface area contributed by atoms with Crippen molar-refractivity contribution in [1.29, 1.82) is 0 Å². The molecule has 0 aromatic heterocycles. The third-order valence-electron chi connectivity index (χ3n) is 3.11. The molecule has 2 nitrogen and oxygen atoms in total. The summed E-state index contributed by atoms with van der Waals surface area (Å²) in [7, 11) is -0.856. The fraction of sp³-hybridized carbons (Fsp3) is 0.571. The van der Waals surface area contributed by atoms with Gasteiger partial charge in [0.1, 0.15) is 0 Å². The zero-order valence-electron chi connectivity index (χ0n) is 10.6. The molecular weight excluding hydrogens is 230 g/mol. The quantitative estimate of drug-likeness (QED) is 0.842. The van der Waals surface area contributed by atoms with Crippen LogP contribution in [0.3, 0.4) is 0 Å². The van der Waals surface area contributed by atoms with Gasteiger partial charge < -0.3 is 5.32 Å². The van der Waals surface area contributed by atoms with Crippen molar-refractivity contribution in [2.24, 2.45) is 0 Å². The van der Waals surface area contributed by atoms with Crippen LogP contribution in [0.1, 0.15) is 38.2 Å². The van der Waals surface area contributed by atoms with E-state index in [1.165, 1.54) is 18.4 Å². The summed E-state index contributed by atoms with van der Waals surface area (Å²) in [5.74, 6) is 1.26. The second-order valence-corrected chi connectivity index (χ2v) is 6.57. The van der Waals surface area contributed by atoms with Gasteiger partial charge in [0, 0.05) is 23.2 Å². The number of rotatable bonds is 6. The summed E-state index contributed by atoms with van der Waals surface area (Å²) in [6.07, 6.45) is 2.57. The molecule has 0 spiro atoms. The first-order chi connectivity index (χ1) is 8.16. The van der Waals surface area contributed by atoms with Gasteiger partial charge in [-0.2, -0.15) is 0 Å². The molecule has 1 fully saturated rings. The fourth-order valence-electron chi connectivity index (χ4n) is 1.77. The summed E-state index contributed by atoms with van der Waals surface area (Å²) >= 11 is 0. The van der Waals surface area contributed by atoms with Gasteiger partial charge in [0.05, 0.1) is 10.8 Å². The van der Waals surface area contributed by atoms with Gasteiger partial charge in [-0.15, -0.1) is 0 Å². The van der Waals surface area contributed by atoms with Crippen molar-refractivity contribution < 1.29 is 4.21 Å². The van der Waals surface area contributed by atoms with E-state index in [0.29, 0.717) is 12.0 Å². The Morgan fingerprint density at radius 3 is 2.47 bits per heavy atom. The average Bonchev–Trinajstić information content (AvgIpc) is 3.13. The fourth-order valence-corrected chi connectivity index (χ4v) is 2.74. The molecule has 1 aliphatic rings. The van der Waals surface area contributed by atoms with Gasteiger partial charge in [0.25, 0.3) is 0 Å². The van der Waals surface area contributed by atoms with E-state index in [1.54, 1.807) is 0 Å². The van der Waals surface area contributed by atoms with E-state index in [0.717, 1.165) is 17.2 Å². The zero-order valence-corrected chi connectivity index (χ0v) is 11.4. The lowest BCUT2D eigenvalue weighted by Gasteiger charge is -2.07. The Bertz CT molecular complexity index is 382. The van der Waals surface area contributed by atoms with Gasteiger partial charge in [-0.3, -0.25) is 4.21 Å². The summed E-state index contributed by atoms with van der Waals surface area (Å²) < 4.78 is 12.0. The van der Waals surface area contributed by atoms with Crippen molar-refractivity contribution >= 4 is 10.8 Å². The van der Waals surface area contributed by atoms with Crippen LogP contribution in [0.15, 0.2) is 29.2 Å². The molecule has 1 aromatic rings. The summed E-state index contributed by atoms with van der Waals surface area (Å²) in [4.78, 5) is 0.951. The lowest BCUT2D eigenvalue weighted by molar-refractivity contribution is 0.672. The van der Waals surface area contributed by atoms with Crippen LogP contribution in [-0.4, -0.2) is 22.5 Å². The number of benzene rings is 1. The lowest BCUT2D eigenvalue weighted by Crippen LogP contribution is -2.22. The molecule has 0 radical (unpaired) electrons. The monoisotopic (exact) mass is 251 g/mol. The smallest absolute Gasteiger partial charge is 0.0542 e. The highest BCUT2D eigenvalue weighted by molar-refractivity contribution is 7.85. The zero-order chi connectivity index (χ0) is 12.3. The topological polar surface area (TPSA) is 29.1 Å². The van der Waals surface area contributed by atoms with Crippen LogP contribution in [0.25, 0.3) is 0 Å². The summed E-state index contributed by atoms with van der Waals surface area (Å²) in [6.45, 7) is 5.21. The second kappa shape index (κ2) is 5.78. The van der Waals surface area contributed by atoms with Crippen LogP contribution < -0.4 is 5.32 Å². The van der Waals surface area contributed by atoms with Gasteiger partial charge in [-0.1, -0.05) is 26.0 Å². The molecule has 0 aliphatic heterocycles. The van der Waals surface area contributed by atoms with E-state index < -0.39 is 10.8 Å². The van der Waals surface area contributed by atoms with Crippen molar-refractivity contribution in [2.75, 3.05) is 12.3 Å². The first-order valence-corrected chi connectivity index (χ1v) is 7.70.